The summed E-state index contributed by atoms with van der Waals surface area (Å²) in [5, 5.41) is 12.4. The smallest absolute Gasteiger partial charge is 0.323 e. The Labute approximate surface area is 183 Å². The molecule has 1 amide bonds. The average Bonchev–Trinajstić information content (AvgIpc) is 2.87. The third-order valence-corrected chi connectivity index (χ3v) is 5.24. The highest BCUT2D eigenvalue weighted by atomic mass is 16.5. The zero-order chi connectivity index (χ0) is 22.6. The van der Waals surface area contributed by atoms with E-state index in [0.29, 0.717) is 17.9 Å². The number of carboxylic acid groups (broad SMARTS) is 1. The number of carbonyl (C=O) groups is 3. The maximum Gasteiger partial charge on any atom is 0.323 e. The predicted octanol–water partition coefficient (Wildman–Crippen LogP) is 3.14. The molecule has 172 valence electrons. The topological polar surface area (TPSA) is 105 Å². The van der Waals surface area contributed by atoms with Gasteiger partial charge >= 0.3 is 11.9 Å². The Morgan fingerprint density at radius 2 is 1.90 bits per heavy atom. The molecule has 1 unspecified atom stereocenters. The van der Waals surface area contributed by atoms with Crippen LogP contribution in [0.4, 0.5) is 5.69 Å². The van der Waals surface area contributed by atoms with Crippen molar-refractivity contribution in [2.45, 2.75) is 70.9 Å². The van der Waals surface area contributed by atoms with Crippen molar-refractivity contribution in [3.63, 3.8) is 0 Å². The first-order valence-corrected chi connectivity index (χ1v) is 11.2. The van der Waals surface area contributed by atoms with Gasteiger partial charge in [-0.15, -0.1) is 0 Å². The molecule has 0 aromatic heterocycles. The summed E-state index contributed by atoms with van der Waals surface area (Å²) in [7, 11) is 0. The number of hydrogen-bond acceptors (Lipinski definition) is 6. The van der Waals surface area contributed by atoms with Crippen molar-refractivity contribution in [2.75, 3.05) is 24.7 Å². The van der Waals surface area contributed by atoms with Gasteiger partial charge in [0.05, 0.1) is 12.3 Å². The number of carbonyl (C=O) groups excluding carboxylic acids is 2. The quantitative estimate of drug-likeness (QED) is 0.363. The van der Waals surface area contributed by atoms with Crippen LogP contribution in [0.1, 0.15) is 58.8 Å². The van der Waals surface area contributed by atoms with Gasteiger partial charge in [-0.1, -0.05) is 57.6 Å². The van der Waals surface area contributed by atoms with Gasteiger partial charge in [-0.2, -0.15) is 0 Å². The first-order chi connectivity index (χ1) is 15.0. The van der Waals surface area contributed by atoms with Crippen molar-refractivity contribution >= 4 is 23.5 Å². The number of benzene rings is 1. The van der Waals surface area contributed by atoms with Crippen LogP contribution in [0.5, 0.6) is 5.75 Å². The highest BCUT2D eigenvalue weighted by Gasteiger charge is 2.35. The fourth-order valence-corrected chi connectivity index (χ4v) is 3.65. The van der Waals surface area contributed by atoms with Crippen molar-refractivity contribution in [1.29, 1.82) is 0 Å². The van der Waals surface area contributed by atoms with E-state index >= 15 is 0 Å². The van der Waals surface area contributed by atoms with E-state index in [-0.39, 0.29) is 13.2 Å². The van der Waals surface area contributed by atoms with Gasteiger partial charge in [0.25, 0.3) is 0 Å². The number of nitrogens with one attached hydrogen (secondary N) is 1. The molecule has 8 nitrogen and oxygen atoms in total. The van der Waals surface area contributed by atoms with Crippen LogP contribution in [0.2, 0.25) is 0 Å². The summed E-state index contributed by atoms with van der Waals surface area (Å²) in [4.78, 5) is 38.3. The minimum absolute atomic E-state index is 0.00162. The monoisotopic (exact) mass is 434 g/mol. The van der Waals surface area contributed by atoms with Gasteiger partial charge in [0.1, 0.15) is 31.0 Å². The summed E-state index contributed by atoms with van der Waals surface area (Å²) in [5.74, 6) is -1.54. The molecule has 1 aromatic carbocycles. The Morgan fingerprint density at radius 3 is 2.61 bits per heavy atom. The maximum atomic E-state index is 13.2. The summed E-state index contributed by atoms with van der Waals surface area (Å²) >= 11 is 0. The SMILES string of the molecule is CCCCCCCC[C@H](NC1COc2ccccc2N(CC(=O)O)C1=O)C(=O)OCC. The van der Waals surface area contributed by atoms with E-state index in [1.165, 1.54) is 24.2 Å². The minimum Gasteiger partial charge on any atom is -0.489 e. The van der Waals surface area contributed by atoms with E-state index in [9.17, 15) is 19.5 Å². The second-order valence-electron chi connectivity index (χ2n) is 7.68. The lowest BCUT2D eigenvalue weighted by Gasteiger charge is -2.26. The second kappa shape index (κ2) is 12.9. The van der Waals surface area contributed by atoms with Crippen molar-refractivity contribution in [3.8, 4) is 5.75 Å². The molecule has 2 rings (SSSR count). The molecule has 0 spiro atoms. The molecule has 1 aliphatic heterocycles. The van der Waals surface area contributed by atoms with Crippen LogP contribution in [0.25, 0.3) is 0 Å². The number of para-hydroxylation sites is 2. The van der Waals surface area contributed by atoms with Gasteiger partial charge in [0, 0.05) is 0 Å². The summed E-state index contributed by atoms with van der Waals surface area (Å²) < 4.78 is 11.0. The minimum atomic E-state index is -1.13. The number of ether oxygens (including phenoxy) is 2. The number of anilines is 1. The fourth-order valence-electron chi connectivity index (χ4n) is 3.65. The highest BCUT2D eigenvalue weighted by molar-refractivity contribution is 6.02. The molecule has 1 aromatic rings. The number of amides is 1. The Balaban J connectivity index is 2.10. The van der Waals surface area contributed by atoms with Crippen LogP contribution in [0.3, 0.4) is 0 Å². The van der Waals surface area contributed by atoms with Gasteiger partial charge in [-0.25, -0.2) is 0 Å². The number of esters is 1. The lowest BCUT2D eigenvalue weighted by atomic mass is 10.0. The number of aliphatic carboxylic acids is 1. The van der Waals surface area contributed by atoms with Gasteiger partial charge in [0.2, 0.25) is 5.91 Å². The number of nitrogens with zero attached hydrogens (tertiary/aromatic N) is 1. The van der Waals surface area contributed by atoms with E-state index in [1.807, 2.05) is 0 Å². The normalized spacial score (nSPS) is 16.8. The summed E-state index contributed by atoms with van der Waals surface area (Å²) in [6.07, 6.45) is 7.03. The lowest BCUT2D eigenvalue weighted by molar-refractivity contribution is -0.146. The van der Waals surface area contributed by atoms with Crippen LogP contribution in [-0.2, 0) is 19.1 Å². The molecule has 1 aliphatic rings. The Bertz CT molecular complexity index is 739. The van der Waals surface area contributed by atoms with E-state index in [4.69, 9.17) is 9.47 Å². The van der Waals surface area contributed by atoms with Crippen LogP contribution in [0.15, 0.2) is 24.3 Å². The number of hydrogen-bond donors (Lipinski definition) is 2. The molecule has 2 N–H and O–H groups in total. The van der Waals surface area contributed by atoms with Crippen LogP contribution >= 0.6 is 0 Å². The maximum absolute atomic E-state index is 13.2. The zero-order valence-corrected chi connectivity index (χ0v) is 18.5. The Kier molecular flexibility index (Phi) is 10.3. The van der Waals surface area contributed by atoms with Gasteiger partial charge < -0.3 is 14.6 Å². The van der Waals surface area contributed by atoms with Crippen LogP contribution in [-0.4, -0.2) is 54.8 Å². The van der Waals surface area contributed by atoms with E-state index in [1.54, 1.807) is 31.2 Å². The first kappa shape index (κ1) is 24.7. The van der Waals surface area contributed by atoms with Crippen molar-refractivity contribution < 1.29 is 29.0 Å². The van der Waals surface area contributed by atoms with Gasteiger partial charge in [0.15, 0.2) is 0 Å². The van der Waals surface area contributed by atoms with E-state index < -0.39 is 36.5 Å². The van der Waals surface area contributed by atoms with E-state index in [2.05, 4.69) is 12.2 Å². The molecule has 0 aliphatic carbocycles. The molecule has 31 heavy (non-hydrogen) atoms. The molecule has 0 saturated heterocycles. The molecule has 2 atom stereocenters. The molecule has 1 heterocycles. The molecule has 0 fully saturated rings. The molecule has 0 bridgehead atoms. The highest BCUT2D eigenvalue weighted by Crippen LogP contribution is 2.31. The molecule has 0 saturated carbocycles. The summed E-state index contributed by atoms with van der Waals surface area (Å²) in [6, 6.07) is 5.31. The van der Waals surface area contributed by atoms with Crippen LogP contribution in [0, 0.1) is 0 Å². The standard InChI is InChI=1S/C23H34N2O6/c1-3-5-6-7-8-9-12-17(23(29)30-4-2)24-18-16-31-20-14-11-10-13-19(20)25(22(18)28)15-21(26)27/h10-11,13-14,17-18,24H,3-9,12,15-16H2,1-2H3,(H,26,27)/t17-,18?/m0/s1. The fraction of sp³-hybridized carbons (Fsp3) is 0.609. The third-order valence-electron chi connectivity index (χ3n) is 5.24. The van der Waals surface area contributed by atoms with E-state index in [0.717, 1.165) is 19.3 Å². The molecular weight excluding hydrogens is 400 g/mol. The second-order valence-corrected chi connectivity index (χ2v) is 7.68. The largest absolute Gasteiger partial charge is 0.489 e. The lowest BCUT2D eigenvalue weighted by Crippen LogP contribution is -2.54. The number of carboxylic acids is 1. The predicted molar refractivity (Wildman–Crippen MR) is 117 cm³/mol. The van der Waals surface area contributed by atoms with Crippen molar-refractivity contribution in [1.82, 2.24) is 5.32 Å². The third kappa shape index (κ3) is 7.54. The molecular formula is C23H34N2O6. The first-order valence-electron chi connectivity index (χ1n) is 11.2. The summed E-state index contributed by atoms with van der Waals surface area (Å²) in [6.45, 7) is 3.67. The summed E-state index contributed by atoms with van der Waals surface area (Å²) in [5.41, 5.74) is 0.405. The number of fused-ring (bicyclic) bond motifs is 1. The van der Waals surface area contributed by atoms with Crippen LogP contribution < -0.4 is 15.0 Å². The zero-order valence-electron chi connectivity index (χ0n) is 18.5. The Hall–Kier alpha value is -2.61. The molecule has 0 radical (unpaired) electrons. The average molecular weight is 435 g/mol. The van der Waals surface area contributed by atoms with Crippen molar-refractivity contribution in [2.24, 2.45) is 0 Å². The van der Waals surface area contributed by atoms with Crippen molar-refractivity contribution in [3.05, 3.63) is 24.3 Å². The number of rotatable bonds is 13. The molecule has 8 heteroatoms. The van der Waals surface area contributed by atoms with Gasteiger partial charge in [-0.05, 0) is 25.5 Å². The Morgan fingerprint density at radius 1 is 1.19 bits per heavy atom. The number of unbranched alkanes of at least 4 members (excludes halogenated alkanes) is 5. The van der Waals surface area contributed by atoms with Gasteiger partial charge in [-0.3, -0.25) is 24.6 Å².